The molecular weight excluding hydrogens is 398 g/mol. The summed E-state index contributed by atoms with van der Waals surface area (Å²) < 4.78 is 0. The quantitative estimate of drug-likeness (QED) is 0.578. The number of hydrogen-bond donors (Lipinski definition) is 1. The predicted molar refractivity (Wildman–Crippen MR) is 128 cm³/mol. The van der Waals surface area contributed by atoms with E-state index in [1.54, 1.807) is 24.3 Å². The van der Waals surface area contributed by atoms with Gasteiger partial charge in [0, 0.05) is 30.8 Å². The van der Waals surface area contributed by atoms with Crippen LogP contribution in [0.3, 0.4) is 0 Å². The van der Waals surface area contributed by atoms with Gasteiger partial charge in [-0.3, -0.25) is 19.4 Å². The molecule has 1 N–H and O–H groups in total. The van der Waals surface area contributed by atoms with Gasteiger partial charge in [0.25, 0.3) is 0 Å². The lowest BCUT2D eigenvalue weighted by Gasteiger charge is -2.21. The molecule has 1 heterocycles. The lowest BCUT2D eigenvalue weighted by Crippen LogP contribution is -2.36. The highest BCUT2D eigenvalue weighted by atomic mass is 16.2. The summed E-state index contributed by atoms with van der Waals surface area (Å²) in [5.74, 6) is -0.178. The number of carbonyl (C=O) groups excluding carboxylic acids is 2. The fraction of sp³-hybridized carbons (Fsp3) is 0.259. The van der Waals surface area contributed by atoms with Gasteiger partial charge in [-0.2, -0.15) is 0 Å². The molecule has 164 valence electrons. The lowest BCUT2D eigenvalue weighted by molar-refractivity contribution is -0.117. The monoisotopic (exact) mass is 427 g/mol. The summed E-state index contributed by atoms with van der Waals surface area (Å²) in [6.07, 6.45) is 1.03. The van der Waals surface area contributed by atoms with Gasteiger partial charge in [-0.15, -0.1) is 0 Å². The summed E-state index contributed by atoms with van der Waals surface area (Å²) in [5.41, 5.74) is 3.00. The standard InChI is InChI=1S/C27H29N3O2/c31-26(21-30-17-9-16-29(18-19-30)20-22-10-3-1-4-11-22)28-25-15-8-7-14-24(25)27(32)23-12-5-2-6-13-23/h1-8,10-15H,9,16-21H2,(H,28,31). The molecule has 0 aromatic heterocycles. The van der Waals surface area contributed by atoms with E-state index in [2.05, 4.69) is 39.4 Å². The number of hydrogen-bond acceptors (Lipinski definition) is 4. The minimum Gasteiger partial charge on any atom is -0.324 e. The van der Waals surface area contributed by atoms with Crippen molar-refractivity contribution in [3.05, 3.63) is 102 Å². The molecule has 0 aliphatic carbocycles. The van der Waals surface area contributed by atoms with Gasteiger partial charge in [-0.25, -0.2) is 0 Å². The molecule has 0 unspecified atom stereocenters. The zero-order valence-electron chi connectivity index (χ0n) is 18.2. The third-order valence-corrected chi connectivity index (χ3v) is 5.78. The summed E-state index contributed by atoms with van der Waals surface area (Å²) in [4.78, 5) is 30.3. The molecule has 1 aliphatic rings. The van der Waals surface area contributed by atoms with Crippen LogP contribution in [0, 0.1) is 0 Å². The van der Waals surface area contributed by atoms with E-state index in [1.165, 1.54) is 5.56 Å². The fourth-order valence-corrected chi connectivity index (χ4v) is 4.11. The minimum absolute atomic E-state index is 0.0881. The van der Waals surface area contributed by atoms with Gasteiger partial charge < -0.3 is 5.32 Å². The van der Waals surface area contributed by atoms with Crippen molar-refractivity contribution >= 4 is 17.4 Å². The van der Waals surface area contributed by atoms with E-state index < -0.39 is 0 Å². The van der Waals surface area contributed by atoms with Crippen molar-refractivity contribution in [3.8, 4) is 0 Å². The maximum absolute atomic E-state index is 12.9. The first kappa shape index (κ1) is 21.9. The van der Waals surface area contributed by atoms with Crippen molar-refractivity contribution < 1.29 is 9.59 Å². The van der Waals surface area contributed by atoms with E-state index in [0.717, 1.165) is 39.1 Å². The van der Waals surface area contributed by atoms with Crippen molar-refractivity contribution in [2.45, 2.75) is 13.0 Å². The molecular formula is C27H29N3O2. The van der Waals surface area contributed by atoms with E-state index >= 15 is 0 Å². The van der Waals surface area contributed by atoms with Gasteiger partial charge >= 0.3 is 0 Å². The molecule has 3 aromatic rings. The van der Waals surface area contributed by atoms with Crippen LogP contribution in [0.25, 0.3) is 0 Å². The van der Waals surface area contributed by atoms with Gasteiger partial charge in [0.1, 0.15) is 0 Å². The molecule has 0 radical (unpaired) electrons. The lowest BCUT2D eigenvalue weighted by atomic mass is 10.0. The van der Waals surface area contributed by atoms with Crippen LogP contribution in [0.1, 0.15) is 27.9 Å². The molecule has 3 aromatic carbocycles. The zero-order valence-corrected chi connectivity index (χ0v) is 18.2. The molecule has 5 heteroatoms. The van der Waals surface area contributed by atoms with Crippen molar-refractivity contribution in [2.24, 2.45) is 0 Å². The van der Waals surface area contributed by atoms with Gasteiger partial charge in [0.2, 0.25) is 5.91 Å². The Bertz CT molecular complexity index is 1040. The number of benzene rings is 3. The Hall–Kier alpha value is -3.28. The van der Waals surface area contributed by atoms with Crippen molar-refractivity contribution in [1.29, 1.82) is 0 Å². The average molecular weight is 428 g/mol. The SMILES string of the molecule is O=C(CN1CCCN(Cc2ccccc2)CC1)Nc1ccccc1C(=O)c1ccccc1. The van der Waals surface area contributed by atoms with Crippen molar-refractivity contribution in [1.82, 2.24) is 9.80 Å². The number of nitrogens with one attached hydrogen (secondary N) is 1. The summed E-state index contributed by atoms with van der Waals surface area (Å²) in [6.45, 7) is 4.98. The molecule has 0 atom stereocenters. The normalized spacial score (nSPS) is 15.1. The Balaban J connectivity index is 1.34. The van der Waals surface area contributed by atoms with Crippen molar-refractivity contribution in [2.75, 3.05) is 38.0 Å². The molecule has 0 spiro atoms. The summed E-state index contributed by atoms with van der Waals surface area (Å²) in [6, 6.07) is 26.9. The number of ketones is 1. The van der Waals surface area contributed by atoms with Crippen LogP contribution >= 0.6 is 0 Å². The van der Waals surface area contributed by atoms with Gasteiger partial charge in [0.15, 0.2) is 5.78 Å². The van der Waals surface area contributed by atoms with E-state index in [4.69, 9.17) is 0 Å². The van der Waals surface area contributed by atoms with Crippen LogP contribution in [0.15, 0.2) is 84.9 Å². The maximum atomic E-state index is 12.9. The largest absolute Gasteiger partial charge is 0.324 e. The van der Waals surface area contributed by atoms with E-state index in [-0.39, 0.29) is 11.7 Å². The molecule has 0 bridgehead atoms. The smallest absolute Gasteiger partial charge is 0.238 e. The van der Waals surface area contributed by atoms with E-state index in [0.29, 0.717) is 23.4 Å². The van der Waals surface area contributed by atoms with Gasteiger partial charge in [-0.05, 0) is 37.2 Å². The summed E-state index contributed by atoms with van der Waals surface area (Å²) in [7, 11) is 0. The van der Waals surface area contributed by atoms with Crippen LogP contribution in [-0.4, -0.2) is 54.2 Å². The van der Waals surface area contributed by atoms with Crippen molar-refractivity contribution in [3.63, 3.8) is 0 Å². The number of anilines is 1. The fourth-order valence-electron chi connectivity index (χ4n) is 4.11. The average Bonchev–Trinajstić information content (AvgIpc) is 3.05. The Kier molecular flexibility index (Phi) is 7.43. The van der Waals surface area contributed by atoms with E-state index in [1.807, 2.05) is 36.4 Å². The Labute approximate surface area is 189 Å². The highest BCUT2D eigenvalue weighted by molar-refractivity contribution is 6.13. The second-order valence-corrected chi connectivity index (χ2v) is 8.18. The molecule has 1 saturated heterocycles. The number of para-hydroxylation sites is 1. The molecule has 1 aliphatic heterocycles. The van der Waals surface area contributed by atoms with Crippen LogP contribution < -0.4 is 5.32 Å². The first-order valence-corrected chi connectivity index (χ1v) is 11.2. The van der Waals surface area contributed by atoms with Crippen LogP contribution in [0.4, 0.5) is 5.69 Å². The molecule has 1 fully saturated rings. The molecule has 1 amide bonds. The van der Waals surface area contributed by atoms with Crippen LogP contribution in [-0.2, 0) is 11.3 Å². The third kappa shape index (κ3) is 5.90. The second-order valence-electron chi connectivity index (χ2n) is 8.18. The first-order chi connectivity index (χ1) is 15.7. The number of amides is 1. The Morgan fingerprint density at radius 3 is 2.12 bits per heavy atom. The number of rotatable bonds is 7. The summed E-state index contributed by atoms with van der Waals surface area (Å²) >= 11 is 0. The van der Waals surface area contributed by atoms with Crippen LogP contribution in [0.5, 0.6) is 0 Å². The zero-order chi connectivity index (χ0) is 22.2. The van der Waals surface area contributed by atoms with Gasteiger partial charge in [0.05, 0.1) is 12.2 Å². The minimum atomic E-state index is -0.0900. The molecule has 5 nitrogen and oxygen atoms in total. The maximum Gasteiger partial charge on any atom is 0.238 e. The Morgan fingerprint density at radius 2 is 1.34 bits per heavy atom. The Morgan fingerprint density at radius 1 is 0.719 bits per heavy atom. The predicted octanol–water partition coefficient (Wildman–Crippen LogP) is 4.06. The molecule has 32 heavy (non-hydrogen) atoms. The topological polar surface area (TPSA) is 52.7 Å². The van der Waals surface area contributed by atoms with Gasteiger partial charge in [-0.1, -0.05) is 72.8 Å². The third-order valence-electron chi connectivity index (χ3n) is 5.78. The second kappa shape index (κ2) is 10.8. The summed E-state index contributed by atoms with van der Waals surface area (Å²) in [5, 5.41) is 2.96. The van der Waals surface area contributed by atoms with E-state index in [9.17, 15) is 9.59 Å². The molecule has 4 rings (SSSR count). The molecule has 0 saturated carbocycles. The highest BCUT2D eigenvalue weighted by Gasteiger charge is 2.19. The highest BCUT2D eigenvalue weighted by Crippen LogP contribution is 2.19. The number of nitrogens with zero attached hydrogens (tertiary/aromatic N) is 2. The van der Waals surface area contributed by atoms with Crippen LogP contribution in [0.2, 0.25) is 0 Å². The first-order valence-electron chi connectivity index (χ1n) is 11.2. The number of carbonyl (C=O) groups is 2.